The van der Waals surface area contributed by atoms with Gasteiger partial charge in [-0.25, -0.2) is 0 Å². The molecule has 0 aromatic heterocycles. The predicted molar refractivity (Wildman–Crippen MR) is 107 cm³/mol. The summed E-state index contributed by atoms with van der Waals surface area (Å²) in [6.07, 6.45) is 3.46. The number of carbonyl (C=O) groups is 2. The second-order valence-electron chi connectivity index (χ2n) is 7.29. The van der Waals surface area contributed by atoms with Crippen LogP contribution < -0.4 is 5.32 Å². The number of hydrogen-bond donors (Lipinski definition) is 1. The lowest BCUT2D eigenvalue weighted by molar-refractivity contribution is -0.134. The first-order valence-corrected chi connectivity index (χ1v) is 10.4. The van der Waals surface area contributed by atoms with Crippen molar-refractivity contribution in [3.05, 3.63) is 46.5 Å². The molecule has 2 aliphatic rings. The third-order valence-electron chi connectivity index (χ3n) is 5.38. The predicted octanol–water partition coefficient (Wildman–Crippen LogP) is 3.55. The zero-order chi connectivity index (χ0) is 19.4. The molecule has 0 bridgehead atoms. The van der Waals surface area contributed by atoms with Crippen molar-refractivity contribution in [3.63, 3.8) is 0 Å². The van der Waals surface area contributed by atoms with Gasteiger partial charge >= 0.3 is 0 Å². The lowest BCUT2D eigenvalue weighted by Gasteiger charge is -2.39. The molecule has 3 atom stereocenters. The largest absolute Gasteiger partial charge is 0.337 e. The van der Waals surface area contributed by atoms with E-state index in [1.807, 2.05) is 35.2 Å². The molecule has 0 spiro atoms. The van der Waals surface area contributed by atoms with E-state index in [0.717, 1.165) is 24.8 Å². The standard InChI is InChI=1S/C21H25N3O2S/c1-14-7-6-8-15(2)24(14)20(26)13-27-21-18(12-22)17(11-19(25)23-21)16-9-4-3-5-10-16/h3-5,9-10,14-15,17H,6-8,11,13H2,1-2H3,(H,23,25)/t14-,15-,17+/m1/s1. The van der Waals surface area contributed by atoms with Gasteiger partial charge in [0.05, 0.1) is 22.4 Å². The van der Waals surface area contributed by atoms with Crippen LogP contribution in [-0.2, 0) is 9.59 Å². The number of benzene rings is 1. The first kappa shape index (κ1) is 19.5. The normalized spacial score (nSPS) is 25.7. The summed E-state index contributed by atoms with van der Waals surface area (Å²) >= 11 is 1.27. The highest BCUT2D eigenvalue weighted by Crippen LogP contribution is 2.36. The molecule has 2 heterocycles. The summed E-state index contributed by atoms with van der Waals surface area (Å²) in [6.45, 7) is 4.18. The summed E-state index contributed by atoms with van der Waals surface area (Å²) in [7, 11) is 0. The molecule has 3 rings (SSSR count). The number of likely N-dealkylation sites (tertiary alicyclic amines) is 1. The summed E-state index contributed by atoms with van der Waals surface area (Å²) in [5.74, 6) is -0.0646. The number of nitrogens with zero attached hydrogens (tertiary/aromatic N) is 2. The van der Waals surface area contributed by atoms with Gasteiger partial charge in [-0.3, -0.25) is 9.59 Å². The minimum atomic E-state index is -0.254. The molecule has 27 heavy (non-hydrogen) atoms. The van der Waals surface area contributed by atoms with E-state index in [1.165, 1.54) is 11.8 Å². The summed E-state index contributed by atoms with van der Waals surface area (Å²) in [6, 6.07) is 12.3. The Hall–Kier alpha value is -2.26. The number of thioether (sulfide) groups is 1. The van der Waals surface area contributed by atoms with Crippen molar-refractivity contribution in [3.8, 4) is 6.07 Å². The topological polar surface area (TPSA) is 73.2 Å². The number of allylic oxidation sites excluding steroid dienone is 1. The van der Waals surface area contributed by atoms with E-state index in [2.05, 4.69) is 25.2 Å². The fourth-order valence-corrected chi connectivity index (χ4v) is 4.97. The maximum Gasteiger partial charge on any atom is 0.233 e. The minimum absolute atomic E-state index is 0.0700. The molecule has 0 radical (unpaired) electrons. The highest BCUT2D eigenvalue weighted by molar-refractivity contribution is 8.03. The summed E-state index contributed by atoms with van der Waals surface area (Å²) in [5.41, 5.74) is 1.49. The number of carbonyl (C=O) groups excluding carboxylic acids is 2. The van der Waals surface area contributed by atoms with E-state index < -0.39 is 0 Å². The summed E-state index contributed by atoms with van der Waals surface area (Å²) in [5, 5.41) is 13.0. The molecule has 1 aromatic rings. The van der Waals surface area contributed by atoms with Gasteiger partial charge in [0.15, 0.2) is 0 Å². The molecule has 1 N–H and O–H groups in total. The zero-order valence-corrected chi connectivity index (χ0v) is 16.6. The lowest BCUT2D eigenvalue weighted by Crippen LogP contribution is -2.48. The zero-order valence-electron chi connectivity index (χ0n) is 15.8. The number of hydrogen-bond acceptors (Lipinski definition) is 4. The molecule has 1 fully saturated rings. The van der Waals surface area contributed by atoms with Crippen LogP contribution in [0.4, 0.5) is 0 Å². The van der Waals surface area contributed by atoms with Gasteiger partial charge in [-0.15, -0.1) is 0 Å². The van der Waals surface area contributed by atoms with Gasteiger partial charge in [0.25, 0.3) is 0 Å². The van der Waals surface area contributed by atoms with Crippen LogP contribution in [0.3, 0.4) is 0 Å². The van der Waals surface area contributed by atoms with Crippen molar-refractivity contribution in [2.24, 2.45) is 0 Å². The Morgan fingerprint density at radius 3 is 2.56 bits per heavy atom. The minimum Gasteiger partial charge on any atom is -0.337 e. The van der Waals surface area contributed by atoms with Crippen LogP contribution in [0.5, 0.6) is 0 Å². The Morgan fingerprint density at radius 2 is 1.93 bits per heavy atom. The Bertz CT molecular complexity index is 774. The van der Waals surface area contributed by atoms with Gasteiger partial charge in [-0.05, 0) is 38.7 Å². The summed E-state index contributed by atoms with van der Waals surface area (Å²) < 4.78 is 0. The number of nitrogens with one attached hydrogen (secondary N) is 1. The van der Waals surface area contributed by atoms with Gasteiger partial charge in [-0.2, -0.15) is 5.26 Å². The Balaban J connectivity index is 1.77. The smallest absolute Gasteiger partial charge is 0.233 e. The molecular weight excluding hydrogens is 358 g/mol. The van der Waals surface area contributed by atoms with Crippen LogP contribution in [0.15, 0.2) is 40.9 Å². The average molecular weight is 384 g/mol. The molecule has 0 aliphatic carbocycles. The average Bonchev–Trinajstić information content (AvgIpc) is 2.66. The second kappa shape index (κ2) is 8.62. The summed E-state index contributed by atoms with van der Waals surface area (Å²) in [4.78, 5) is 26.9. The van der Waals surface area contributed by atoms with Crippen molar-refractivity contribution < 1.29 is 9.59 Å². The molecule has 1 aromatic carbocycles. The highest BCUT2D eigenvalue weighted by Gasteiger charge is 2.32. The molecule has 2 aliphatic heterocycles. The van der Waals surface area contributed by atoms with E-state index in [1.54, 1.807) is 0 Å². The quantitative estimate of drug-likeness (QED) is 0.863. The van der Waals surface area contributed by atoms with Crippen molar-refractivity contribution >= 4 is 23.6 Å². The number of piperidine rings is 1. The van der Waals surface area contributed by atoms with E-state index in [4.69, 9.17) is 0 Å². The number of nitriles is 1. The second-order valence-corrected chi connectivity index (χ2v) is 8.27. The number of amides is 2. The maximum atomic E-state index is 12.8. The fraction of sp³-hybridized carbons (Fsp3) is 0.476. The van der Waals surface area contributed by atoms with E-state index in [9.17, 15) is 14.9 Å². The monoisotopic (exact) mass is 383 g/mol. The van der Waals surface area contributed by atoms with Crippen LogP contribution in [-0.4, -0.2) is 34.6 Å². The lowest BCUT2D eigenvalue weighted by atomic mass is 9.87. The van der Waals surface area contributed by atoms with Crippen LogP contribution >= 0.6 is 11.8 Å². The van der Waals surface area contributed by atoms with Gasteiger partial charge in [0.2, 0.25) is 11.8 Å². The molecular formula is C21H25N3O2S. The third-order valence-corrected chi connectivity index (χ3v) is 6.38. The Labute approximate surface area is 164 Å². The van der Waals surface area contributed by atoms with Crippen molar-refractivity contribution in [1.82, 2.24) is 10.2 Å². The van der Waals surface area contributed by atoms with Crippen molar-refractivity contribution in [1.29, 1.82) is 5.26 Å². The molecule has 2 amide bonds. The first-order valence-electron chi connectivity index (χ1n) is 9.44. The van der Waals surface area contributed by atoms with Gasteiger partial charge in [0.1, 0.15) is 0 Å². The van der Waals surface area contributed by atoms with E-state index in [0.29, 0.717) is 10.6 Å². The van der Waals surface area contributed by atoms with Crippen LogP contribution in [0.2, 0.25) is 0 Å². The maximum absolute atomic E-state index is 12.8. The molecule has 5 nitrogen and oxygen atoms in total. The van der Waals surface area contributed by atoms with E-state index in [-0.39, 0.29) is 42.0 Å². The SMILES string of the molecule is C[C@@H]1CCC[C@@H](C)N1C(=O)CSC1=C(C#N)[C@H](c2ccccc2)CC(=O)N1. The van der Waals surface area contributed by atoms with E-state index >= 15 is 0 Å². The van der Waals surface area contributed by atoms with Crippen LogP contribution in [0, 0.1) is 11.3 Å². The highest BCUT2D eigenvalue weighted by atomic mass is 32.2. The van der Waals surface area contributed by atoms with Crippen molar-refractivity contribution in [2.75, 3.05) is 5.75 Å². The molecule has 0 unspecified atom stereocenters. The molecule has 0 saturated carbocycles. The van der Waals surface area contributed by atoms with Crippen LogP contribution in [0.25, 0.3) is 0 Å². The van der Waals surface area contributed by atoms with Gasteiger partial charge in [-0.1, -0.05) is 42.1 Å². The number of rotatable bonds is 4. The Kier molecular flexibility index (Phi) is 6.22. The van der Waals surface area contributed by atoms with Crippen molar-refractivity contribution in [2.45, 2.75) is 57.5 Å². The fourth-order valence-electron chi connectivity index (χ4n) is 4.02. The van der Waals surface area contributed by atoms with Gasteiger partial charge in [0, 0.05) is 24.4 Å². The van der Waals surface area contributed by atoms with Gasteiger partial charge < -0.3 is 10.2 Å². The molecule has 142 valence electrons. The third kappa shape index (κ3) is 4.36. The molecule has 1 saturated heterocycles. The van der Waals surface area contributed by atoms with Crippen LogP contribution in [0.1, 0.15) is 51.0 Å². The first-order chi connectivity index (χ1) is 13.0. The molecule has 6 heteroatoms. The Morgan fingerprint density at radius 1 is 1.26 bits per heavy atom.